The van der Waals surface area contributed by atoms with E-state index in [1.165, 1.54) is 22.5 Å². The first-order chi connectivity index (χ1) is 15.3. The van der Waals surface area contributed by atoms with Crippen LogP contribution in [0.15, 0.2) is 71.6 Å². The van der Waals surface area contributed by atoms with Crippen LogP contribution in [0, 0.1) is 5.82 Å². The minimum absolute atomic E-state index is 0.0730. The van der Waals surface area contributed by atoms with Crippen molar-refractivity contribution < 1.29 is 17.6 Å². The third kappa shape index (κ3) is 4.85. The second-order valence-electron chi connectivity index (χ2n) is 7.65. The Morgan fingerprint density at radius 1 is 0.906 bits per heavy atom. The van der Waals surface area contributed by atoms with Crippen molar-refractivity contribution in [2.24, 2.45) is 0 Å². The van der Waals surface area contributed by atoms with E-state index in [4.69, 9.17) is 11.6 Å². The third-order valence-corrected chi connectivity index (χ3v) is 7.65. The molecule has 4 rings (SSSR count). The molecule has 1 saturated heterocycles. The second kappa shape index (κ2) is 9.40. The van der Waals surface area contributed by atoms with E-state index in [0.29, 0.717) is 24.3 Å². The van der Waals surface area contributed by atoms with Crippen molar-refractivity contribution in [3.8, 4) is 11.1 Å². The first-order valence-corrected chi connectivity index (χ1v) is 12.1. The summed E-state index contributed by atoms with van der Waals surface area (Å²) >= 11 is 5.77. The SMILES string of the molecule is O=C(Nc1ccc(F)c(Cl)c1)c1cccc(-c2ccc(S(=O)(=O)N3CCCCC3)cc2)c1. The Bertz CT molecular complexity index is 1240. The number of sulfonamides is 1. The van der Waals surface area contributed by atoms with Crippen molar-refractivity contribution in [3.05, 3.63) is 83.1 Å². The highest BCUT2D eigenvalue weighted by Gasteiger charge is 2.25. The lowest BCUT2D eigenvalue weighted by molar-refractivity contribution is 0.102. The van der Waals surface area contributed by atoms with Gasteiger partial charge in [-0.25, -0.2) is 12.8 Å². The molecule has 5 nitrogen and oxygen atoms in total. The molecule has 0 saturated carbocycles. The van der Waals surface area contributed by atoms with Crippen LogP contribution in [0.2, 0.25) is 5.02 Å². The van der Waals surface area contributed by atoms with Crippen LogP contribution in [0.25, 0.3) is 11.1 Å². The summed E-state index contributed by atoms with van der Waals surface area (Å²) in [5.74, 6) is -0.920. The van der Waals surface area contributed by atoms with Crippen LogP contribution in [0.4, 0.5) is 10.1 Å². The number of carbonyl (C=O) groups is 1. The van der Waals surface area contributed by atoms with Crippen LogP contribution in [-0.4, -0.2) is 31.7 Å². The summed E-state index contributed by atoms with van der Waals surface area (Å²) in [7, 11) is -3.49. The number of anilines is 1. The number of piperidine rings is 1. The average Bonchev–Trinajstić information content (AvgIpc) is 2.82. The zero-order valence-corrected chi connectivity index (χ0v) is 18.8. The van der Waals surface area contributed by atoms with Crippen molar-refractivity contribution in [2.75, 3.05) is 18.4 Å². The molecule has 1 heterocycles. The number of benzene rings is 3. The standard InChI is InChI=1S/C24H22ClFN2O3S/c25-22-16-20(9-12-23(22)26)27-24(29)19-6-4-5-18(15-19)17-7-10-21(11-8-17)32(30,31)28-13-2-1-3-14-28/h4-12,15-16H,1-3,13-14H2,(H,27,29). The van der Waals surface area contributed by atoms with Gasteiger partial charge in [-0.1, -0.05) is 42.3 Å². The molecule has 32 heavy (non-hydrogen) atoms. The van der Waals surface area contributed by atoms with E-state index in [1.54, 1.807) is 42.5 Å². The fraction of sp³-hybridized carbons (Fsp3) is 0.208. The van der Waals surface area contributed by atoms with E-state index in [0.717, 1.165) is 30.4 Å². The van der Waals surface area contributed by atoms with Gasteiger partial charge in [0.1, 0.15) is 5.82 Å². The summed E-state index contributed by atoms with van der Waals surface area (Å²) in [4.78, 5) is 12.9. The van der Waals surface area contributed by atoms with E-state index < -0.39 is 15.8 Å². The maximum absolute atomic E-state index is 13.3. The minimum Gasteiger partial charge on any atom is -0.322 e. The molecular formula is C24H22ClFN2O3S. The molecule has 1 aliphatic heterocycles. The molecule has 1 aliphatic rings. The summed E-state index contributed by atoms with van der Waals surface area (Å²) < 4.78 is 40.5. The first kappa shape index (κ1) is 22.5. The van der Waals surface area contributed by atoms with Crippen molar-refractivity contribution in [1.82, 2.24) is 4.31 Å². The highest BCUT2D eigenvalue weighted by atomic mass is 35.5. The predicted molar refractivity (Wildman–Crippen MR) is 124 cm³/mol. The number of nitrogens with zero attached hydrogens (tertiary/aromatic N) is 1. The highest BCUT2D eigenvalue weighted by molar-refractivity contribution is 7.89. The summed E-state index contributed by atoms with van der Waals surface area (Å²) in [6, 6.07) is 17.6. The quantitative estimate of drug-likeness (QED) is 0.527. The smallest absolute Gasteiger partial charge is 0.255 e. The highest BCUT2D eigenvalue weighted by Crippen LogP contribution is 2.26. The molecule has 0 spiro atoms. The van der Waals surface area contributed by atoms with E-state index >= 15 is 0 Å². The van der Waals surface area contributed by atoms with E-state index in [9.17, 15) is 17.6 Å². The largest absolute Gasteiger partial charge is 0.322 e. The van der Waals surface area contributed by atoms with Crippen molar-refractivity contribution in [3.63, 3.8) is 0 Å². The molecule has 166 valence electrons. The lowest BCUT2D eigenvalue weighted by Gasteiger charge is -2.25. The molecule has 8 heteroatoms. The van der Waals surface area contributed by atoms with Gasteiger partial charge in [-0.2, -0.15) is 4.31 Å². The van der Waals surface area contributed by atoms with Crippen LogP contribution in [-0.2, 0) is 10.0 Å². The molecule has 0 atom stereocenters. The monoisotopic (exact) mass is 472 g/mol. The normalized spacial score (nSPS) is 14.8. The molecule has 3 aromatic carbocycles. The topological polar surface area (TPSA) is 66.5 Å². The van der Waals surface area contributed by atoms with Gasteiger partial charge >= 0.3 is 0 Å². The van der Waals surface area contributed by atoms with Gasteiger partial charge < -0.3 is 5.32 Å². The lowest BCUT2D eigenvalue weighted by Crippen LogP contribution is -2.35. The molecule has 0 unspecified atom stereocenters. The van der Waals surface area contributed by atoms with Crippen LogP contribution in [0.1, 0.15) is 29.6 Å². The van der Waals surface area contributed by atoms with E-state index in [1.807, 2.05) is 6.07 Å². The molecule has 1 amide bonds. The summed E-state index contributed by atoms with van der Waals surface area (Å²) in [5, 5.41) is 2.62. The van der Waals surface area contributed by atoms with Crippen molar-refractivity contribution in [1.29, 1.82) is 0 Å². The van der Waals surface area contributed by atoms with Gasteiger partial charge in [0.05, 0.1) is 9.92 Å². The maximum Gasteiger partial charge on any atom is 0.255 e. The Balaban J connectivity index is 1.52. The van der Waals surface area contributed by atoms with Gasteiger partial charge in [-0.15, -0.1) is 0 Å². The predicted octanol–water partition coefficient (Wildman–Crippen LogP) is 5.57. The van der Waals surface area contributed by atoms with Crippen LogP contribution < -0.4 is 5.32 Å². The second-order valence-corrected chi connectivity index (χ2v) is 10.00. The number of hydrogen-bond donors (Lipinski definition) is 1. The minimum atomic E-state index is -3.49. The Morgan fingerprint density at radius 2 is 1.62 bits per heavy atom. The Morgan fingerprint density at radius 3 is 2.31 bits per heavy atom. The Labute approximate surface area is 191 Å². The van der Waals surface area contributed by atoms with Crippen molar-refractivity contribution >= 4 is 33.2 Å². The molecule has 1 N–H and O–H groups in total. The summed E-state index contributed by atoms with van der Waals surface area (Å²) in [5.41, 5.74) is 2.37. The molecular weight excluding hydrogens is 451 g/mol. The summed E-state index contributed by atoms with van der Waals surface area (Å²) in [6.45, 7) is 1.11. The zero-order valence-electron chi connectivity index (χ0n) is 17.2. The van der Waals surface area contributed by atoms with E-state index in [2.05, 4.69) is 5.32 Å². The summed E-state index contributed by atoms with van der Waals surface area (Å²) in [6.07, 6.45) is 2.83. The fourth-order valence-corrected chi connectivity index (χ4v) is 5.39. The van der Waals surface area contributed by atoms with Gasteiger partial charge in [-0.05, 0) is 66.4 Å². The fourth-order valence-electron chi connectivity index (χ4n) is 3.69. The van der Waals surface area contributed by atoms with E-state index in [-0.39, 0.29) is 15.8 Å². The van der Waals surface area contributed by atoms with Crippen LogP contribution in [0.5, 0.6) is 0 Å². The number of hydrogen-bond acceptors (Lipinski definition) is 3. The number of amides is 1. The number of carbonyl (C=O) groups excluding carboxylic acids is 1. The average molecular weight is 473 g/mol. The van der Waals surface area contributed by atoms with Crippen LogP contribution >= 0.6 is 11.6 Å². The molecule has 0 aromatic heterocycles. The Kier molecular flexibility index (Phi) is 6.60. The molecule has 3 aromatic rings. The van der Waals surface area contributed by atoms with Crippen molar-refractivity contribution in [2.45, 2.75) is 24.2 Å². The van der Waals surface area contributed by atoms with Gasteiger partial charge in [0.2, 0.25) is 10.0 Å². The van der Waals surface area contributed by atoms with Gasteiger partial charge in [0.15, 0.2) is 0 Å². The van der Waals surface area contributed by atoms with Gasteiger partial charge in [-0.3, -0.25) is 4.79 Å². The maximum atomic E-state index is 13.3. The molecule has 0 radical (unpaired) electrons. The number of rotatable bonds is 5. The molecule has 0 bridgehead atoms. The molecule has 0 aliphatic carbocycles. The third-order valence-electron chi connectivity index (χ3n) is 5.44. The first-order valence-electron chi connectivity index (χ1n) is 10.3. The Hall–Kier alpha value is -2.74. The lowest BCUT2D eigenvalue weighted by atomic mass is 10.0. The number of nitrogens with one attached hydrogen (secondary N) is 1. The van der Waals surface area contributed by atoms with Gasteiger partial charge in [0.25, 0.3) is 5.91 Å². The van der Waals surface area contributed by atoms with Gasteiger partial charge in [0, 0.05) is 24.3 Å². The molecule has 1 fully saturated rings. The van der Waals surface area contributed by atoms with Crippen LogP contribution in [0.3, 0.4) is 0 Å². The zero-order chi connectivity index (χ0) is 22.7. The number of halogens is 2.